The van der Waals surface area contributed by atoms with Gasteiger partial charge in [-0.2, -0.15) is 0 Å². The molecule has 0 saturated heterocycles. The van der Waals surface area contributed by atoms with Crippen molar-refractivity contribution >= 4 is 80.1 Å². The van der Waals surface area contributed by atoms with Gasteiger partial charge in [-0.1, -0.05) is 142 Å². The van der Waals surface area contributed by atoms with Gasteiger partial charge in [0, 0.05) is 14.1 Å². The molecule has 0 heterocycles. The maximum atomic E-state index is 3.77. The summed E-state index contributed by atoms with van der Waals surface area (Å²) in [7, 11) is 0. The zero-order valence-electron chi connectivity index (χ0n) is 18.6. The van der Waals surface area contributed by atoms with Gasteiger partial charge < -0.3 is 0 Å². The fourth-order valence-electron chi connectivity index (χ4n) is 4.25. The van der Waals surface area contributed by atoms with E-state index in [-0.39, 0.29) is 0 Å². The first-order valence-electron chi connectivity index (χ1n) is 11.6. The van der Waals surface area contributed by atoms with E-state index in [1.165, 1.54) is 88.2 Å². The van der Waals surface area contributed by atoms with Crippen LogP contribution in [0.25, 0.3) is 32.3 Å². The Balaban J connectivity index is 0.000000181. The number of benzene rings is 4. The molecule has 0 aliphatic rings. The van der Waals surface area contributed by atoms with Gasteiger partial charge in [-0.15, -0.1) is 0 Å². The SMILES string of the molecule is Brc1ccc2ccc3cccc4ccc1c2c34.CCCCCC(Br)CC(Br)CCCC. The Morgan fingerprint density at radius 1 is 0.645 bits per heavy atom. The molecule has 4 rings (SSSR count). The van der Waals surface area contributed by atoms with Crippen LogP contribution < -0.4 is 0 Å². The molecule has 0 spiro atoms. The molecule has 4 aromatic rings. The third-order valence-corrected chi connectivity index (χ3v) is 8.33. The van der Waals surface area contributed by atoms with E-state index in [4.69, 9.17) is 0 Å². The standard InChI is InChI=1S/C16H9Br.C12H24Br2/c17-14-9-7-12-5-4-10-2-1-3-11-6-8-13(14)16(12)15(10)11;1-3-5-7-9-12(14)10-11(13)8-6-4-2/h1-9H;11-12H,3-10H2,1-2H3. The third kappa shape index (κ3) is 6.68. The predicted octanol–water partition coefficient (Wildman–Crippen LogP) is 11.0. The molecule has 0 N–H and O–H groups in total. The summed E-state index contributed by atoms with van der Waals surface area (Å²) >= 11 is 11.2. The van der Waals surface area contributed by atoms with Gasteiger partial charge in [0.25, 0.3) is 0 Å². The van der Waals surface area contributed by atoms with Crippen molar-refractivity contribution in [2.75, 3.05) is 0 Å². The summed E-state index contributed by atoms with van der Waals surface area (Å²) in [5.74, 6) is 0. The molecule has 0 radical (unpaired) electrons. The van der Waals surface area contributed by atoms with Gasteiger partial charge in [-0.25, -0.2) is 0 Å². The van der Waals surface area contributed by atoms with Gasteiger partial charge in [0.05, 0.1) is 0 Å². The van der Waals surface area contributed by atoms with Crippen LogP contribution in [0.3, 0.4) is 0 Å². The molecule has 0 aromatic heterocycles. The van der Waals surface area contributed by atoms with Crippen molar-refractivity contribution in [1.29, 1.82) is 0 Å². The van der Waals surface area contributed by atoms with Crippen LogP contribution >= 0.6 is 47.8 Å². The van der Waals surface area contributed by atoms with Crippen molar-refractivity contribution in [3.63, 3.8) is 0 Å². The van der Waals surface area contributed by atoms with Crippen LogP contribution in [0.5, 0.6) is 0 Å². The second-order valence-corrected chi connectivity index (χ2v) is 11.9. The van der Waals surface area contributed by atoms with E-state index in [1.807, 2.05) is 0 Å². The van der Waals surface area contributed by atoms with E-state index < -0.39 is 0 Å². The zero-order valence-corrected chi connectivity index (χ0v) is 23.4. The Kier molecular flexibility index (Phi) is 10.1. The van der Waals surface area contributed by atoms with E-state index in [0.29, 0.717) is 4.83 Å². The van der Waals surface area contributed by atoms with Crippen molar-refractivity contribution < 1.29 is 0 Å². The molecule has 2 unspecified atom stereocenters. The molecule has 0 amide bonds. The van der Waals surface area contributed by atoms with E-state index in [1.54, 1.807) is 0 Å². The van der Waals surface area contributed by atoms with Crippen molar-refractivity contribution in [3.8, 4) is 0 Å². The van der Waals surface area contributed by atoms with Crippen LogP contribution in [0.4, 0.5) is 0 Å². The van der Waals surface area contributed by atoms with Crippen LogP contribution in [0.15, 0.2) is 59.1 Å². The molecule has 4 aromatic carbocycles. The fourth-order valence-corrected chi connectivity index (χ4v) is 6.77. The average molecular weight is 609 g/mol. The molecule has 166 valence electrons. The van der Waals surface area contributed by atoms with Crippen molar-refractivity contribution in [3.05, 3.63) is 59.1 Å². The molecule has 0 nitrogen and oxygen atoms in total. The summed E-state index contributed by atoms with van der Waals surface area (Å²) in [6, 6.07) is 19.6. The lowest BCUT2D eigenvalue weighted by atomic mass is 9.94. The normalized spacial score (nSPS) is 13.5. The van der Waals surface area contributed by atoms with Crippen LogP contribution in [0, 0.1) is 0 Å². The third-order valence-electron chi connectivity index (χ3n) is 5.98. The quantitative estimate of drug-likeness (QED) is 0.101. The van der Waals surface area contributed by atoms with Gasteiger partial charge >= 0.3 is 0 Å². The summed E-state index contributed by atoms with van der Waals surface area (Å²) in [4.78, 5) is 1.43. The maximum Gasteiger partial charge on any atom is 0.0254 e. The highest BCUT2D eigenvalue weighted by Gasteiger charge is 2.11. The topological polar surface area (TPSA) is 0 Å². The predicted molar refractivity (Wildman–Crippen MR) is 152 cm³/mol. The Morgan fingerprint density at radius 3 is 1.84 bits per heavy atom. The van der Waals surface area contributed by atoms with Gasteiger partial charge in [0.15, 0.2) is 0 Å². The Bertz CT molecular complexity index is 1060. The summed E-state index contributed by atoms with van der Waals surface area (Å²) in [5, 5.41) is 8.00. The van der Waals surface area contributed by atoms with Crippen molar-refractivity contribution in [2.24, 2.45) is 0 Å². The van der Waals surface area contributed by atoms with Crippen LogP contribution in [-0.4, -0.2) is 9.65 Å². The highest BCUT2D eigenvalue weighted by Crippen LogP contribution is 2.37. The van der Waals surface area contributed by atoms with Crippen molar-refractivity contribution in [1.82, 2.24) is 0 Å². The van der Waals surface area contributed by atoms with E-state index in [0.717, 1.165) is 4.83 Å². The first-order chi connectivity index (χ1) is 15.0. The minimum atomic E-state index is 0.716. The molecule has 31 heavy (non-hydrogen) atoms. The van der Waals surface area contributed by atoms with Gasteiger partial charge in [0.1, 0.15) is 0 Å². The first kappa shape index (κ1) is 25.0. The fraction of sp³-hybridized carbons (Fsp3) is 0.429. The lowest BCUT2D eigenvalue weighted by Gasteiger charge is -2.14. The summed E-state index contributed by atoms with van der Waals surface area (Å²) < 4.78 is 1.17. The van der Waals surface area contributed by atoms with Crippen LogP contribution in [0.2, 0.25) is 0 Å². The number of hydrogen-bond donors (Lipinski definition) is 0. The minimum absolute atomic E-state index is 0.716. The Morgan fingerprint density at radius 2 is 1.19 bits per heavy atom. The number of halogens is 3. The first-order valence-corrected chi connectivity index (χ1v) is 14.3. The Hall–Kier alpha value is -0.640. The second kappa shape index (κ2) is 12.6. The number of rotatable bonds is 9. The molecule has 3 heteroatoms. The maximum absolute atomic E-state index is 3.77. The summed E-state index contributed by atoms with van der Waals surface area (Å²) in [6.45, 7) is 4.52. The van der Waals surface area contributed by atoms with Gasteiger partial charge in [-0.05, 0) is 57.6 Å². The number of unbranched alkanes of at least 4 members (excludes halogenated alkanes) is 3. The molecular formula is C28H33Br3. The second-order valence-electron chi connectivity index (χ2n) is 8.47. The number of alkyl halides is 2. The summed E-state index contributed by atoms with van der Waals surface area (Å²) in [5.41, 5.74) is 0. The lowest BCUT2D eigenvalue weighted by molar-refractivity contribution is 0.591. The largest absolute Gasteiger partial charge is 0.0890 e. The molecule has 0 fully saturated rings. The monoisotopic (exact) mass is 606 g/mol. The molecular weight excluding hydrogens is 576 g/mol. The molecule has 0 bridgehead atoms. The lowest BCUT2D eigenvalue weighted by Crippen LogP contribution is -2.07. The summed E-state index contributed by atoms with van der Waals surface area (Å²) in [6.07, 6.45) is 10.7. The van der Waals surface area contributed by atoms with E-state index >= 15 is 0 Å². The van der Waals surface area contributed by atoms with E-state index in [9.17, 15) is 0 Å². The minimum Gasteiger partial charge on any atom is -0.0890 e. The molecule has 0 aliphatic carbocycles. The zero-order chi connectivity index (χ0) is 22.2. The van der Waals surface area contributed by atoms with E-state index in [2.05, 4.69) is 116 Å². The van der Waals surface area contributed by atoms with Gasteiger partial charge in [-0.3, -0.25) is 0 Å². The Labute approximate surface area is 212 Å². The molecule has 0 aliphatic heterocycles. The van der Waals surface area contributed by atoms with Crippen LogP contribution in [-0.2, 0) is 0 Å². The van der Waals surface area contributed by atoms with Crippen LogP contribution in [0.1, 0.15) is 65.2 Å². The van der Waals surface area contributed by atoms with Crippen molar-refractivity contribution in [2.45, 2.75) is 74.9 Å². The highest BCUT2D eigenvalue weighted by atomic mass is 79.9. The molecule has 0 saturated carbocycles. The van der Waals surface area contributed by atoms with Gasteiger partial charge in [0.2, 0.25) is 0 Å². The smallest absolute Gasteiger partial charge is 0.0254 e. The average Bonchev–Trinajstić information content (AvgIpc) is 2.78. The molecule has 2 atom stereocenters. The number of hydrogen-bond acceptors (Lipinski definition) is 0. The highest BCUT2D eigenvalue weighted by molar-refractivity contribution is 9.10.